The van der Waals surface area contributed by atoms with Crippen molar-refractivity contribution in [3.8, 4) is 39.9 Å². The molecule has 0 N–H and O–H groups in total. The maximum atomic E-state index is 6.60. The van der Waals surface area contributed by atoms with Crippen LogP contribution in [0.25, 0.3) is 83.6 Å². The second kappa shape index (κ2) is 9.47. The van der Waals surface area contributed by atoms with Crippen LogP contribution < -0.4 is 0 Å². The Balaban J connectivity index is 1.26. The highest BCUT2D eigenvalue weighted by Gasteiger charge is 2.37. The van der Waals surface area contributed by atoms with Gasteiger partial charge >= 0.3 is 0 Å². The zero-order valence-electron chi connectivity index (χ0n) is 25.9. The summed E-state index contributed by atoms with van der Waals surface area (Å²) in [6.45, 7) is 4.66. The summed E-state index contributed by atoms with van der Waals surface area (Å²) in [4.78, 5) is 15.0. The first kappa shape index (κ1) is 26.2. The Hall–Kier alpha value is -6.07. The molecule has 1 aliphatic rings. The molecule has 1 aliphatic heterocycles. The molecule has 0 radical (unpaired) electrons. The molecule has 47 heavy (non-hydrogen) atoms. The summed E-state index contributed by atoms with van der Waals surface area (Å²) in [7, 11) is 0. The maximum absolute atomic E-state index is 6.60. The van der Waals surface area contributed by atoms with E-state index in [1.165, 1.54) is 32.9 Å². The lowest BCUT2D eigenvalue weighted by Gasteiger charge is -2.35. The van der Waals surface area contributed by atoms with Crippen molar-refractivity contribution < 1.29 is 4.42 Å². The molecule has 6 aromatic carbocycles. The molecule has 0 saturated heterocycles. The lowest BCUT2D eigenvalue weighted by molar-refractivity contribution is 0.630. The zero-order chi connectivity index (χ0) is 31.3. The number of rotatable bonds is 3. The number of aromatic nitrogens is 4. The summed E-state index contributed by atoms with van der Waals surface area (Å²) in [5.41, 5.74) is 10.4. The van der Waals surface area contributed by atoms with E-state index in [0.717, 1.165) is 44.3 Å². The second-order valence-electron chi connectivity index (χ2n) is 12.9. The number of nitrogens with zero attached hydrogens (tertiary/aromatic N) is 4. The lowest BCUT2D eigenvalue weighted by atomic mass is 9.73. The van der Waals surface area contributed by atoms with Gasteiger partial charge in [0.1, 0.15) is 11.2 Å². The molecule has 3 aromatic heterocycles. The summed E-state index contributed by atoms with van der Waals surface area (Å²) in [6, 6.07) is 46.3. The highest BCUT2D eigenvalue weighted by Crippen LogP contribution is 2.51. The van der Waals surface area contributed by atoms with E-state index in [0.29, 0.717) is 17.5 Å². The Kier molecular flexibility index (Phi) is 5.28. The highest BCUT2D eigenvalue weighted by molar-refractivity contribution is 6.25. The van der Waals surface area contributed by atoms with Crippen molar-refractivity contribution in [1.29, 1.82) is 0 Å². The van der Waals surface area contributed by atoms with E-state index in [-0.39, 0.29) is 5.41 Å². The number of para-hydroxylation sites is 2. The minimum absolute atomic E-state index is 0.321. The van der Waals surface area contributed by atoms with E-state index < -0.39 is 0 Å². The molecule has 9 aromatic rings. The Bertz CT molecular complexity index is 2640. The summed E-state index contributed by atoms with van der Waals surface area (Å²) in [6.07, 6.45) is 0. The van der Waals surface area contributed by atoms with Crippen LogP contribution in [0, 0.1) is 0 Å². The number of fused-ring (bicyclic) bond motifs is 9. The van der Waals surface area contributed by atoms with Crippen LogP contribution in [0.15, 0.2) is 138 Å². The molecule has 0 unspecified atom stereocenters. The topological polar surface area (TPSA) is 56.7 Å². The van der Waals surface area contributed by atoms with Crippen LogP contribution in [0.3, 0.4) is 0 Å². The molecule has 10 rings (SSSR count). The van der Waals surface area contributed by atoms with E-state index in [1.54, 1.807) is 0 Å². The first-order valence-electron chi connectivity index (χ1n) is 16.0. The summed E-state index contributed by atoms with van der Waals surface area (Å²) >= 11 is 0. The van der Waals surface area contributed by atoms with E-state index in [4.69, 9.17) is 19.4 Å². The van der Waals surface area contributed by atoms with Crippen molar-refractivity contribution in [2.24, 2.45) is 0 Å². The number of hydrogen-bond acceptors (Lipinski definition) is 4. The number of furan rings is 1. The molecule has 0 spiro atoms. The SMILES string of the molecule is CC1(C)c2cc(-c3nc(-c4ccccc4)nc(-c4ccccc4)n3)ccc2-n2c3ccccc3c3c4oc5ccccc5c4cc1c32. The molecule has 5 nitrogen and oxygen atoms in total. The lowest BCUT2D eigenvalue weighted by Crippen LogP contribution is -2.26. The first-order chi connectivity index (χ1) is 23.1. The smallest absolute Gasteiger partial charge is 0.164 e. The van der Waals surface area contributed by atoms with E-state index >= 15 is 0 Å². The third kappa shape index (κ3) is 3.68. The Labute approximate surface area is 270 Å². The minimum Gasteiger partial charge on any atom is -0.455 e. The van der Waals surface area contributed by atoms with Crippen LogP contribution in [0.1, 0.15) is 25.0 Å². The zero-order valence-corrected chi connectivity index (χ0v) is 25.9. The normalized spacial score (nSPS) is 13.5. The van der Waals surface area contributed by atoms with Gasteiger partial charge < -0.3 is 8.98 Å². The molecular weight excluding hydrogens is 576 g/mol. The minimum atomic E-state index is -0.321. The van der Waals surface area contributed by atoms with Gasteiger partial charge in [-0.15, -0.1) is 0 Å². The van der Waals surface area contributed by atoms with Crippen LogP contribution in [-0.4, -0.2) is 19.5 Å². The van der Waals surface area contributed by atoms with Gasteiger partial charge in [0, 0.05) is 38.3 Å². The molecule has 4 heterocycles. The van der Waals surface area contributed by atoms with Gasteiger partial charge in [0.05, 0.1) is 22.1 Å². The molecule has 222 valence electrons. The Morgan fingerprint density at radius 2 is 1.13 bits per heavy atom. The van der Waals surface area contributed by atoms with Gasteiger partial charge in [-0.1, -0.05) is 111 Å². The number of hydrogen-bond donors (Lipinski definition) is 0. The van der Waals surface area contributed by atoms with Crippen molar-refractivity contribution in [3.63, 3.8) is 0 Å². The summed E-state index contributed by atoms with van der Waals surface area (Å²) in [5, 5.41) is 4.65. The van der Waals surface area contributed by atoms with Gasteiger partial charge in [-0.05, 0) is 47.5 Å². The van der Waals surface area contributed by atoms with E-state index in [9.17, 15) is 0 Å². The Morgan fingerprint density at radius 3 is 1.83 bits per heavy atom. The van der Waals surface area contributed by atoms with Crippen molar-refractivity contribution >= 4 is 43.7 Å². The fourth-order valence-corrected chi connectivity index (χ4v) is 7.51. The molecule has 5 heteroatoms. The average Bonchev–Trinajstić information content (AvgIpc) is 3.67. The molecule has 0 bridgehead atoms. The molecule has 0 fully saturated rings. The largest absolute Gasteiger partial charge is 0.455 e. The van der Waals surface area contributed by atoms with Gasteiger partial charge in [-0.25, -0.2) is 15.0 Å². The van der Waals surface area contributed by atoms with Crippen molar-refractivity contribution in [2.75, 3.05) is 0 Å². The maximum Gasteiger partial charge on any atom is 0.164 e. The van der Waals surface area contributed by atoms with Gasteiger partial charge in [-0.3, -0.25) is 0 Å². The van der Waals surface area contributed by atoms with Crippen LogP contribution >= 0.6 is 0 Å². The fourth-order valence-electron chi connectivity index (χ4n) is 7.51. The van der Waals surface area contributed by atoms with Crippen molar-refractivity contribution in [1.82, 2.24) is 19.5 Å². The van der Waals surface area contributed by atoms with E-state index in [1.807, 2.05) is 66.7 Å². The van der Waals surface area contributed by atoms with Crippen LogP contribution in [0.2, 0.25) is 0 Å². The predicted molar refractivity (Wildman–Crippen MR) is 190 cm³/mol. The highest BCUT2D eigenvalue weighted by atomic mass is 16.3. The van der Waals surface area contributed by atoms with Crippen LogP contribution in [-0.2, 0) is 5.41 Å². The molecule has 0 aliphatic carbocycles. The van der Waals surface area contributed by atoms with Gasteiger partial charge in [0.15, 0.2) is 17.5 Å². The van der Waals surface area contributed by atoms with E-state index in [2.05, 4.69) is 85.1 Å². The third-order valence-corrected chi connectivity index (χ3v) is 9.82. The summed E-state index contributed by atoms with van der Waals surface area (Å²) < 4.78 is 9.03. The average molecular weight is 605 g/mol. The van der Waals surface area contributed by atoms with Crippen molar-refractivity contribution in [3.05, 3.63) is 145 Å². The molecular formula is C42H28N4O. The van der Waals surface area contributed by atoms with Crippen LogP contribution in [0.4, 0.5) is 0 Å². The number of benzene rings is 6. The standard InChI is InChI=1S/C42H28N4O/c1-42(2)31-23-27(41-44-39(25-13-5-3-6-14-25)43-40(45-41)26-15-7-4-8-16-26)21-22-34(31)46-33-19-11-9-18-29(33)36-37(46)32(42)24-30-28-17-10-12-20-35(28)47-38(30)36/h3-24H,1-2H3. The molecule has 0 amide bonds. The fraction of sp³-hybridized carbons (Fsp3) is 0.0714. The van der Waals surface area contributed by atoms with Gasteiger partial charge in [0.25, 0.3) is 0 Å². The first-order valence-corrected chi connectivity index (χ1v) is 16.0. The molecule has 0 saturated carbocycles. The predicted octanol–water partition coefficient (Wildman–Crippen LogP) is 10.5. The Morgan fingerprint density at radius 1 is 0.532 bits per heavy atom. The van der Waals surface area contributed by atoms with Gasteiger partial charge in [-0.2, -0.15) is 0 Å². The van der Waals surface area contributed by atoms with Crippen LogP contribution in [0.5, 0.6) is 0 Å². The molecule has 0 atom stereocenters. The second-order valence-corrected chi connectivity index (χ2v) is 12.9. The third-order valence-electron chi connectivity index (χ3n) is 9.82. The quantitative estimate of drug-likeness (QED) is 0.201. The monoisotopic (exact) mass is 604 g/mol. The van der Waals surface area contributed by atoms with Crippen molar-refractivity contribution in [2.45, 2.75) is 19.3 Å². The summed E-state index contributed by atoms with van der Waals surface area (Å²) in [5.74, 6) is 1.97. The van der Waals surface area contributed by atoms with Gasteiger partial charge in [0.2, 0.25) is 0 Å².